The number of esters is 3. The number of hydrogen-bond donors (Lipinski definition) is 0. The van der Waals surface area contributed by atoms with E-state index in [1.165, 1.54) is 128 Å². The van der Waals surface area contributed by atoms with Crippen LogP contribution in [-0.4, -0.2) is 37.2 Å². The van der Waals surface area contributed by atoms with Crippen LogP contribution in [0.3, 0.4) is 0 Å². The van der Waals surface area contributed by atoms with Gasteiger partial charge in [-0.3, -0.25) is 14.4 Å². The first kappa shape index (κ1) is 61.6. The molecule has 0 radical (unpaired) electrons. The second-order valence-corrected chi connectivity index (χ2v) is 17.9. The van der Waals surface area contributed by atoms with Gasteiger partial charge in [0.1, 0.15) is 13.2 Å². The molecule has 0 rings (SSSR count). The predicted octanol–water partition coefficient (Wildman–Crippen LogP) is 18.0. The van der Waals surface area contributed by atoms with Crippen molar-refractivity contribution in [3.05, 3.63) is 85.1 Å². The van der Waals surface area contributed by atoms with Crippen molar-refractivity contribution in [2.24, 2.45) is 0 Å². The minimum Gasteiger partial charge on any atom is -0.462 e. The van der Waals surface area contributed by atoms with Crippen LogP contribution in [0.2, 0.25) is 0 Å². The van der Waals surface area contributed by atoms with Gasteiger partial charge in [0, 0.05) is 19.3 Å². The van der Waals surface area contributed by atoms with E-state index in [0.29, 0.717) is 19.3 Å². The summed E-state index contributed by atoms with van der Waals surface area (Å²) in [5, 5.41) is 0. The van der Waals surface area contributed by atoms with Crippen molar-refractivity contribution in [1.82, 2.24) is 0 Å². The summed E-state index contributed by atoms with van der Waals surface area (Å²) in [6, 6.07) is 0. The molecule has 0 bridgehead atoms. The Labute approximate surface area is 401 Å². The Morgan fingerprint density at radius 2 is 0.615 bits per heavy atom. The SMILES string of the molecule is CC\C=C/C=C\C=C/C=C\CCCCCC(=O)OCC(COC(=O)CCCCCCCCC/C=C\CCCCCCCCCC)OC(=O)CCCCCCCC/C=C\C=C/CCCCC. The van der Waals surface area contributed by atoms with Gasteiger partial charge < -0.3 is 14.2 Å². The quantitative estimate of drug-likeness (QED) is 0.0199. The molecule has 0 aliphatic rings. The van der Waals surface area contributed by atoms with E-state index in [1.807, 2.05) is 36.5 Å². The van der Waals surface area contributed by atoms with E-state index in [4.69, 9.17) is 14.2 Å². The van der Waals surface area contributed by atoms with Gasteiger partial charge in [-0.2, -0.15) is 0 Å². The van der Waals surface area contributed by atoms with Crippen LogP contribution in [0.1, 0.15) is 252 Å². The van der Waals surface area contributed by atoms with E-state index in [-0.39, 0.29) is 31.1 Å². The van der Waals surface area contributed by atoms with Gasteiger partial charge >= 0.3 is 17.9 Å². The number of carbonyl (C=O) groups is 3. The molecule has 372 valence electrons. The summed E-state index contributed by atoms with van der Waals surface area (Å²) in [5.74, 6) is -0.952. The lowest BCUT2D eigenvalue weighted by Crippen LogP contribution is -2.30. The van der Waals surface area contributed by atoms with Gasteiger partial charge in [0.05, 0.1) is 0 Å². The van der Waals surface area contributed by atoms with E-state index >= 15 is 0 Å². The van der Waals surface area contributed by atoms with Crippen LogP contribution in [0.4, 0.5) is 0 Å². The van der Waals surface area contributed by atoms with E-state index in [2.05, 4.69) is 69.4 Å². The summed E-state index contributed by atoms with van der Waals surface area (Å²) in [6.45, 7) is 6.42. The average Bonchev–Trinajstić information content (AvgIpc) is 3.30. The first-order chi connectivity index (χ1) is 32.0. The van der Waals surface area contributed by atoms with E-state index in [0.717, 1.165) is 83.5 Å². The number of ether oxygens (including phenoxy) is 3. The number of allylic oxidation sites excluding steroid dienone is 14. The fourth-order valence-corrected chi connectivity index (χ4v) is 7.38. The molecule has 0 saturated heterocycles. The smallest absolute Gasteiger partial charge is 0.306 e. The topological polar surface area (TPSA) is 78.9 Å². The average molecular weight is 905 g/mol. The molecule has 6 heteroatoms. The van der Waals surface area contributed by atoms with Crippen molar-refractivity contribution in [2.75, 3.05) is 13.2 Å². The van der Waals surface area contributed by atoms with Crippen molar-refractivity contribution in [3.63, 3.8) is 0 Å². The molecule has 0 fully saturated rings. The third-order valence-electron chi connectivity index (χ3n) is 11.5. The fraction of sp³-hybridized carbons (Fsp3) is 0.712. The third kappa shape index (κ3) is 51.4. The second kappa shape index (κ2) is 53.2. The Morgan fingerprint density at radius 3 is 1.05 bits per heavy atom. The lowest BCUT2D eigenvalue weighted by atomic mass is 10.1. The molecule has 0 aromatic carbocycles. The Hall–Kier alpha value is -3.41. The fourth-order valence-electron chi connectivity index (χ4n) is 7.38. The lowest BCUT2D eigenvalue weighted by Gasteiger charge is -2.18. The normalized spacial score (nSPS) is 12.7. The molecule has 0 spiro atoms. The highest BCUT2D eigenvalue weighted by atomic mass is 16.6. The van der Waals surface area contributed by atoms with E-state index < -0.39 is 6.10 Å². The van der Waals surface area contributed by atoms with Gasteiger partial charge in [-0.1, -0.05) is 228 Å². The van der Waals surface area contributed by atoms with Gasteiger partial charge in [0.15, 0.2) is 6.10 Å². The maximum absolute atomic E-state index is 12.8. The molecule has 1 atom stereocenters. The van der Waals surface area contributed by atoms with Crippen molar-refractivity contribution in [1.29, 1.82) is 0 Å². The van der Waals surface area contributed by atoms with Crippen LogP contribution < -0.4 is 0 Å². The Bertz CT molecular complexity index is 1270. The molecule has 65 heavy (non-hydrogen) atoms. The monoisotopic (exact) mass is 905 g/mol. The Balaban J connectivity index is 4.42. The molecule has 0 aromatic heterocycles. The van der Waals surface area contributed by atoms with Crippen LogP contribution in [0.5, 0.6) is 0 Å². The van der Waals surface area contributed by atoms with Gasteiger partial charge in [-0.05, 0) is 89.9 Å². The standard InChI is InChI=1S/C59H100O6/c1-4-7-10-13-16-19-22-25-27-28-29-30-32-34-37-40-43-46-49-52-58(61)64-55-56(54-63-57(60)51-48-45-42-39-36-33-24-21-18-15-12-9-6-3)65-59(62)53-50-47-44-41-38-35-31-26-23-20-17-14-11-8-5-2/h9,12,15,17-18,20-21,23-24,26,28-29,33,36,56H,4-8,10-11,13-14,16,19,22,25,27,30-32,34-35,37-55H2,1-3H3/b12-9-,18-15-,20-17-,24-21-,26-23-,29-28-,36-33-. The highest BCUT2D eigenvalue weighted by molar-refractivity contribution is 5.71. The molecular weight excluding hydrogens is 805 g/mol. The summed E-state index contributed by atoms with van der Waals surface area (Å²) in [4.78, 5) is 38.0. The summed E-state index contributed by atoms with van der Waals surface area (Å²) in [5.41, 5.74) is 0. The summed E-state index contributed by atoms with van der Waals surface area (Å²) < 4.78 is 16.8. The van der Waals surface area contributed by atoms with Gasteiger partial charge in [-0.25, -0.2) is 0 Å². The van der Waals surface area contributed by atoms with Gasteiger partial charge in [0.2, 0.25) is 0 Å². The molecule has 0 N–H and O–H groups in total. The van der Waals surface area contributed by atoms with Crippen LogP contribution in [0.25, 0.3) is 0 Å². The lowest BCUT2D eigenvalue weighted by molar-refractivity contribution is -0.167. The van der Waals surface area contributed by atoms with Crippen molar-refractivity contribution < 1.29 is 28.6 Å². The van der Waals surface area contributed by atoms with E-state index in [9.17, 15) is 14.4 Å². The molecule has 0 aliphatic heterocycles. The van der Waals surface area contributed by atoms with Crippen LogP contribution in [-0.2, 0) is 28.6 Å². The van der Waals surface area contributed by atoms with Crippen molar-refractivity contribution in [3.8, 4) is 0 Å². The van der Waals surface area contributed by atoms with Crippen molar-refractivity contribution >= 4 is 17.9 Å². The molecule has 0 aliphatic carbocycles. The molecule has 0 aromatic rings. The first-order valence-electron chi connectivity index (χ1n) is 27.2. The highest BCUT2D eigenvalue weighted by Crippen LogP contribution is 2.14. The number of unbranched alkanes of at least 4 members (excludes halogenated alkanes) is 27. The highest BCUT2D eigenvalue weighted by Gasteiger charge is 2.19. The zero-order chi connectivity index (χ0) is 47.2. The van der Waals surface area contributed by atoms with Crippen molar-refractivity contribution in [2.45, 2.75) is 258 Å². The van der Waals surface area contributed by atoms with E-state index in [1.54, 1.807) is 0 Å². The van der Waals surface area contributed by atoms with Crippen LogP contribution in [0.15, 0.2) is 85.1 Å². The predicted molar refractivity (Wildman–Crippen MR) is 279 cm³/mol. The minimum atomic E-state index is -0.801. The maximum atomic E-state index is 12.8. The molecule has 0 amide bonds. The van der Waals surface area contributed by atoms with Gasteiger partial charge in [0.25, 0.3) is 0 Å². The number of carbonyl (C=O) groups excluding carboxylic acids is 3. The molecule has 6 nitrogen and oxygen atoms in total. The molecule has 0 saturated carbocycles. The second-order valence-electron chi connectivity index (χ2n) is 17.9. The zero-order valence-electron chi connectivity index (χ0n) is 42.5. The summed E-state index contributed by atoms with van der Waals surface area (Å²) >= 11 is 0. The molecule has 1 unspecified atom stereocenters. The Morgan fingerprint density at radius 1 is 0.323 bits per heavy atom. The Kier molecular flexibility index (Phi) is 50.4. The maximum Gasteiger partial charge on any atom is 0.306 e. The third-order valence-corrected chi connectivity index (χ3v) is 11.5. The van der Waals surface area contributed by atoms with Gasteiger partial charge in [-0.15, -0.1) is 0 Å². The van der Waals surface area contributed by atoms with Crippen LogP contribution in [0, 0.1) is 0 Å². The first-order valence-corrected chi connectivity index (χ1v) is 27.2. The zero-order valence-corrected chi connectivity index (χ0v) is 42.5. The summed E-state index contributed by atoms with van der Waals surface area (Å²) in [7, 11) is 0. The molecular formula is C59H100O6. The molecule has 0 heterocycles. The largest absolute Gasteiger partial charge is 0.462 e. The number of rotatable bonds is 48. The van der Waals surface area contributed by atoms with Crippen LogP contribution >= 0.6 is 0 Å². The minimum absolute atomic E-state index is 0.0967. The number of hydrogen-bond acceptors (Lipinski definition) is 6. The summed E-state index contributed by atoms with van der Waals surface area (Å²) in [6.07, 6.45) is 68.6.